The van der Waals surface area contributed by atoms with Crippen molar-refractivity contribution in [3.63, 3.8) is 0 Å². The first kappa shape index (κ1) is 15.0. The second-order valence-corrected chi connectivity index (χ2v) is 5.12. The van der Waals surface area contributed by atoms with Gasteiger partial charge < -0.3 is 0 Å². The Hall–Kier alpha value is -2.89. The van der Waals surface area contributed by atoms with Crippen LogP contribution in [0, 0.1) is 5.82 Å². The van der Waals surface area contributed by atoms with Crippen LogP contribution in [0.5, 0.6) is 0 Å². The zero-order chi connectivity index (χ0) is 16.2. The van der Waals surface area contributed by atoms with E-state index in [4.69, 9.17) is 0 Å². The van der Waals surface area contributed by atoms with E-state index in [-0.39, 0.29) is 18.1 Å². The third kappa shape index (κ3) is 3.48. The highest BCUT2D eigenvalue weighted by molar-refractivity contribution is 5.95. The Balaban J connectivity index is 1.73. The lowest BCUT2D eigenvalue weighted by molar-refractivity contribution is 0.0961. The number of Topliss-reactive ketones (excluding diaryl/α,β-unsaturated/α-hetero) is 1. The van der Waals surface area contributed by atoms with Crippen molar-refractivity contribution in [2.75, 3.05) is 0 Å². The van der Waals surface area contributed by atoms with Crippen molar-refractivity contribution in [1.82, 2.24) is 20.2 Å². The van der Waals surface area contributed by atoms with E-state index in [9.17, 15) is 9.18 Å². The van der Waals surface area contributed by atoms with Gasteiger partial charge >= 0.3 is 0 Å². The fraction of sp³-hybridized carbons (Fsp3) is 0.176. The molecule has 3 aromatic rings. The molecule has 5 nitrogen and oxygen atoms in total. The van der Waals surface area contributed by atoms with Crippen LogP contribution in [0.4, 0.5) is 4.39 Å². The number of nitrogens with zero attached hydrogens (tertiary/aromatic N) is 4. The van der Waals surface area contributed by atoms with E-state index in [0.29, 0.717) is 11.4 Å². The summed E-state index contributed by atoms with van der Waals surface area (Å²) in [7, 11) is 0. The minimum Gasteiger partial charge on any atom is -0.292 e. The summed E-state index contributed by atoms with van der Waals surface area (Å²) in [6.45, 7) is 2.05. The molecule has 0 aliphatic rings. The molecule has 0 saturated carbocycles. The van der Waals surface area contributed by atoms with Crippen molar-refractivity contribution < 1.29 is 9.18 Å². The van der Waals surface area contributed by atoms with Gasteiger partial charge in [0.25, 0.3) is 0 Å². The average molecular weight is 310 g/mol. The first-order chi connectivity index (χ1) is 11.2. The van der Waals surface area contributed by atoms with Crippen molar-refractivity contribution in [2.45, 2.75) is 19.9 Å². The van der Waals surface area contributed by atoms with Crippen LogP contribution in [-0.2, 0) is 13.0 Å². The predicted octanol–water partition coefficient (Wildman–Crippen LogP) is 2.92. The Morgan fingerprint density at radius 1 is 1.09 bits per heavy atom. The second-order valence-electron chi connectivity index (χ2n) is 5.12. The molecule has 6 heteroatoms. The summed E-state index contributed by atoms with van der Waals surface area (Å²) >= 11 is 0. The Morgan fingerprint density at radius 2 is 1.78 bits per heavy atom. The number of hydrogen-bond donors (Lipinski definition) is 0. The Bertz CT molecular complexity index is 809. The maximum absolute atomic E-state index is 12.9. The summed E-state index contributed by atoms with van der Waals surface area (Å²) in [4.78, 5) is 13.3. The highest BCUT2D eigenvalue weighted by Crippen LogP contribution is 2.15. The van der Waals surface area contributed by atoms with E-state index in [1.54, 1.807) is 0 Å². The summed E-state index contributed by atoms with van der Waals surface area (Å²) in [5.74, 6) is -0.104. The van der Waals surface area contributed by atoms with Crippen molar-refractivity contribution in [1.29, 1.82) is 0 Å². The maximum atomic E-state index is 12.9. The van der Waals surface area contributed by atoms with E-state index in [2.05, 4.69) is 22.3 Å². The number of rotatable bonds is 5. The molecule has 23 heavy (non-hydrogen) atoms. The number of tetrazole rings is 1. The highest BCUT2D eigenvalue weighted by Gasteiger charge is 2.11. The van der Waals surface area contributed by atoms with Crippen LogP contribution in [0.1, 0.15) is 22.8 Å². The molecule has 2 aromatic carbocycles. The molecule has 0 N–H and O–H groups in total. The zero-order valence-corrected chi connectivity index (χ0v) is 12.6. The van der Waals surface area contributed by atoms with E-state index >= 15 is 0 Å². The van der Waals surface area contributed by atoms with Gasteiger partial charge in [0.05, 0.1) is 0 Å². The highest BCUT2D eigenvalue weighted by atomic mass is 19.1. The van der Waals surface area contributed by atoms with Gasteiger partial charge in [-0.3, -0.25) is 4.79 Å². The monoisotopic (exact) mass is 310 g/mol. The van der Waals surface area contributed by atoms with Gasteiger partial charge in [-0.2, -0.15) is 4.80 Å². The molecule has 0 amide bonds. The van der Waals surface area contributed by atoms with Crippen LogP contribution in [0.3, 0.4) is 0 Å². The third-order valence-corrected chi connectivity index (χ3v) is 3.52. The number of ketones is 1. The first-order valence-electron chi connectivity index (χ1n) is 7.31. The van der Waals surface area contributed by atoms with Gasteiger partial charge in [-0.15, -0.1) is 10.2 Å². The van der Waals surface area contributed by atoms with Gasteiger partial charge in [0.2, 0.25) is 5.82 Å². The lowest BCUT2D eigenvalue weighted by Gasteiger charge is -2.00. The van der Waals surface area contributed by atoms with Crippen molar-refractivity contribution in [2.24, 2.45) is 0 Å². The molecule has 0 aliphatic carbocycles. The molecule has 0 aliphatic heterocycles. The normalized spacial score (nSPS) is 10.7. The minimum atomic E-state index is -0.377. The molecular weight excluding hydrogens is 295 g/mol. The van der Waals surface area contributed by atoms with Crippen LogP contribution in [0.15, 0.2) is 48.5 Å². The molecule has 0 fully saturated rings. The van der Waals surface area contributed by atoms with Crippen LogP contribution >= 0.6 is 0 Å². The van der Waals surface area contributed by atoms with Crippen LogP contribution in [0.25, 0.3) is 11.4 Å². The number of halogens is 1. The Kier molecular flexibility index (Phi) is 4.23. The second kappa shape index (κ2) is 6.48. The number of carbonyl (C=O) groups is 1. The number of aryl methyl sites for hydroxylation is 1. The summed E-state index contributed by atoms with van der Waals surface area (Å²) in [6, 6.07) is 13.3. The molecule has 0 spiro atoms. The topological polar surface area (TPSA) is 60.7 Å². The molecule has 1 heterocycles. The first-order valence-corrected chi connectivity index (χ1v) is 7.31. The molecule has 3 rings (SSSR count). The van der Waals surface area contributed by atoms with Gasteiger partial charge in [0, 0.05) is 11.1 Å². The number of benzene rings is 2. The molecule has 116 valence electrons. The summed E-state index contributed by atoms with van der Waals surface area (Å²) in [5, 5.41) is 12.1. The predicted molar refractivity (Wildman–Crippen MR) is 83.4 cm³/mol. The smallest absolute Gasteiger partial charge is 0.204 e. The standard InChI is InChI=1S/C17H15FN4O/c1-2-12-3-5-14(6-4-12)17-19-21-22(20-17)11-16(23)13-7-9-15(18)10-8-13/h3-10H,2,11H2,1H3. The van der Waals surface area contributed by atoms with Gasteiger partial charge in [0.15, 0.2) is 5.78 Å². The largest absolute Gasteiger partial charge is 0.292 e. The SMILES string of the molecule is CCc1ccc(-c2nnn(CC(=O)c3ccc(F)cc3)n2)cc1. The van der Waals surface area contributed by atoms with Gasteiger partial charge in [-0.25, -0.2) is 4.39 Å². The van der Waals surface area contributed by atoms with Crippen molar-refractivity contribution >= 4 is 5.78 Å². The van der Waals surface area contributed by atoms with E-state index in [1.807, 2.05) is 24.3 Å². The minimum absolute atomic E-state index is 0.0360. The molecule has 0 atom stereocenters. The fourth-order valence-corrected chi connectivity index (χ4v) is 2.17. The van der Waals surface area contributed by atoms with E-state index < -0.39 is 0 Å². The van der Waals surface area contributed by atoms with Gasteiger partial charge in [-0.1, -0.05) is 31.2 Å². The summed E-state index contributed by atoms with van der Waals surface area (Å²) in [6.07, 6.45) is 0.965. The van der Waals surface area contributed by atoms with Gasteiger partial charge in [0.1, 0.15) is 12.4 Å². The number of hydrogen-bond acceptors (Lipinski definition) is 4. The lowest BCUT2D eigenvalue weighted by atomic mass is 10.1. The number of carbonyl (C=O) groups excluding carboxylic acids is 1. The molecule has 0 radical (unpaired) electrons. The van der Waals surface area contributed by atoms with E-state index in [0.717, 1.165) is 12.0 Å². The molecule has 0 unspecified atom stereocenters. The van der Waals surface area contributed by atoms with Crippen LogP contribution in [0.2, 0.25) is 0 Å². The van der Waals surface area contributed by atoms with Gasteiger partial charge in [-0.05, 0) is 41.5 Å². The zero-order valence-electron chi connectivity index (χ0n) is 12.6. The molecule has 1 aromatic heterocycles. The third-order valence-electron chi connectivity index (χ3n) is 3.52. The Labute approximate surface area is 132 Å². The van der Waals surface area contributed by atoms with E-state index in [1.165, 1.54) is 34.6 Å². The molecule has 0 bridgehead atoms. The van der Waals surface area contributed by atoms with Crippen LogP contribution in [-0.4, -0.2) is 26.0 Å². The summed E-state index contributed by atoms with van der Waals surface area (Å²) in [5.41, 5.74) is 2.49. The average Bonchev–Trinajstić information content (AvgIpc) is 3.04. The number of aromatic nitrogens is 4. The Morgan fingerprint density at radius 3 is 2.43 bits per heavy atom. The maximum Gasteiger partial charge on any atom is 0.204 e. The quantitative estimate of drug-likeness (QED) is 0.680. The molecule has 0 saturated heterocycles. The fourth-order valence-electron chi connectivity index (χ4n) is 2.17. The van der Waals surface area contributed by atoms with Crippen molar-refractivity contribution in [3.8, 4) is 11.4 Å². The van der Waals surface area contributed by atoms with Crippen LogP contribution < -0.4 is 0 Å². The summed E-state index contributed by atoms with van der Waals surface area (Å²) < 4.78 is 12.9. The van der Waals surface area contributed by atoms with Crippen molar-refractivity contribution in [3.05, 3.63) is 65.5 Å². The lowest BCUT2D eigenvalue weighted by Crippen LogP contribution is -2.13. The molecular formula is C17H15FN4O.